The minimum Gasteiger partial charge on any atom is -0.324 e. The molecule has 6 nitrogen and oxygen atoms in total. The Hall–Kier alpha value is -2.88. The summed E-state index contributed by atoms with van der Waals surface area (Å²) < 4.78 is 37.8. The van der Waals surface area contributed by atoms with Crippen LogP contribution in [-0.2, 0) is 11.3 Å². The summed E-state index contributed by atoms with van der Waals surface area (Å²) in [5, 5.41) is 14.2. The molecule has 0 spiro atoms. The van der Waals surface area contributed by atoms with E-state index in [1.54, 1.807) is 6.07 Å². The van der Waals surface area contributed by atoms with Crippen LogP contribution in [-0.4, -0.2) is 31.9 Å². The fourth-order valence-corrected chi connectivity index (χ4v) is 2.60. The summed E-state index contributed by atoms with van der Waals surface area (Å²) in [5.74, 6) is -3.14. The number of aromatic nitrogens is 4. The Morgan fingerprint density at radius 2 is 1.96 bits per heavy atom. The van der Waals surface area contributed by atoms with Gasteiger partial charge in [-0.2, -0.15) is 13.6 Å². The number of nitrogens with one attached hydrogen (secondary N) is 1. The average molecular weight is 379 g/mol. The molecule has 1 N–H and O–H groups in total. The second-order valence-corrected chi connectivity index (χ2v) is 6.17. The molecule has 1 heterocycles. The van der Waals surface area contributed by atoms with Crippen molar-refractivity contribution in [2.75, 3.05) is 5.32 Å². The van der Waals surface area contributed by atoms with E-state index in [4.69, 9.17) is 0 Å². The molecule has 0 saturated heterocycles. The number of tetrazole rings is 1. The van der Waals surface area contributed by atoms with E-state index < -0.39 is 17.5 Å². The molecule has 3 rings (SSSR count). The van der Waals surface area contributed by atoms with Gasteiger partial charge in [-0.25, -0.2) is 4.39 Å². The SMILES string of the molecule is O=C(Cn1nnc(-c2cccc(F)c2)n1)Nc1ccc(SC(F)F)cc1. The van der Waals surface area contributed by atoms with Crippen molar-refractivity contribution in [3.8, 4) is 11.4 Å². The number of hydrogen-bond donors (Lipinski definition) is 1. The lowest BCUT2D eigenvalue weighted by atomic mass is 10.2. The Balaban J connectivity index is 1.60. The average Bonchev–Trinajstić information content (AvgIpc) is 3.04. The molecule has 1 amide bonds. The van der Waals surface area contributed by atoms with Crippen molar-refractivity contribution >= 4 is 23.4 Å². The summed E-state index contributed by atoms with van der Waals surface area (Å²) in [5.41, 5.74) is 0.905. The molecular weight excluding hydrogens is 367 g/mol. The van der Waals surface area contributed by atoms with Crippen LogP contribution in [0, 0.1) is 5.82 Å². The van der Waals surface area contributed by atoms with E-state index in [0.717, 1.165) is 4.80 Å². The molecule has 1 aromatic heterocycles. The molecular formula is C16H12F3N5OS. The number of benzene rings is 2. The second kappa shape index (κ2) is 8.00. The fourth-order valence-electron chi connectivity index (χ4n) is 2.10. The Bertz CT molecular complexity index is 901. The minimum atomic E-state index is -2.50. The van der Waals surface area contributed by atoms with Crippen molar-refractivity contribution in [3.63, 3.8) is 0 Å². The van der Waals surface area contributed by atoms with E-state index in [-0.39, 0.29) is 12.4 Å². The third kappa shape index (κ3) is 4.82. The lowest BCUT2D eigenvalue weighted by Crippen LogP contribution is -2.20. The van der Waals surface area contributed by atoms with E-state index in [2.05, 4.69) is 20.7 Å². The molecule has 26 heavy (non-hydrogen) atoms. The monoisotopic (exact) mass is 379 g/mol. The zero-order valence-electron chi connectivity index (χ0n) is 13.1. The summed E-state index contributed by atoms with van der Waals surface area (Å²) in [6, 6.07) is 11.7. The Morgan fingerprint density at radius 3 is 2.65 bits per heavy atom. The summed E-state index contributed by atoms with van der Waals surface area (Å²) in [4.78, 5) is 13.5. The van der Waals surface area contributed by atoms with Gasteiger partial charge in [0, 0.05) is 16.1 Å². The fraction of sp³-hybridized carbons (Fsp3) is 0.125. The number of carbonyl (C=O) groups excluding carboxylic acids is 1. The standard InChI is InChI=1S/C16H12F3N5OS/c17-11-3-1-2-10(8-11)15-21-23-24(22-15)9-14(25)20-12-4-6-13(7-5-12)26-16(18)19/h1-8,16H,9H2,(H,20,25). The van der Waals surface area contributed by atoms with Crippen LogP contribution in [0.4, 0.5) is 18.9 Å². The third-order valence-electron chi connectivity index (χ3n) is 3.18. The highest BCUT2D eigenvalue weighted by atomic mass is 32.2. The predicted octanol–water partition coefficient (Wildman–Crippen LogP) is 3.43. The maximum absolute atomic E-state index is 13.2. The van der Waals surface area contributed by atoms with Crippen molar-refractivity contribution in [2.24, 2.45) is 0 Å². The van der Waals surface area contributed by atoms with Gasteiger partial charge >= 0.3 is 0 Å². The first-order chi connectivity index (χ1) is 12.5. The smallest absolute Gasteiger partial charge is 0.288 e. The predicted molar refractivity (Wildman–Crippen MR) is 90.1 cm³/mol. The van der Waals surface area contributed by atoms with Crippen LogP contribution in [0.15, 0.2) is 53.4 Å². The summed E-state index contributed by atoms with van der Waals surface area (Å²) in [7, 11) is 0. The highest BCUT2D eigenvalue weighted by Crippen LogP contribution is 2.26. The van der Waals surface area contributed by atoms with Crippen LogP contribution < -0.4 is 5.32 Å². The van der Waals surface area contributed by atoms with Gasteiger partial charge in [0.2, 0.25) is 11.7 Å². The van der Waals surface area contributed by atoms with Crippen LogP contribution in [0.1, 0.15) is 0 Å². The lowest BCUT2D eigenvalue weighted by molar-refractivity contribution is -0.117. The summed E-state index contributed by atoms with van der Waals surface area (Å²) >= 11 is 0.425. The van der Waals surface area contributed by atoms with Gasteiger partial charge in [-0.05, 0) is 41.6 Å². The second-order valence-electron chi connectivity index (χ2n) is 5.10. The van der Waals surface area contributed by atoms with Gasteiger partial charge in [0.05, 0.1) is 0 Å². The van der Waals surface area contributed by atoms with Gasteiger partial charge in [0.1, 0.15) is 12.4 Å². The summed E-state index contributed by atoms with van der Waals surface area (Å²) in [6.45, 7) is -0.199. The molecule has 0 radical (unpaired) electrons. The first kappa shape index (κ1) is 17.9. The Kier molecular flexibility index (Phi) is 5.52. The molecule has 3 aromatic rings. The van der Waals surface area contributed by atoms with Crippen molar-refractivity contribution < 1.29 is 18.0 Å². The number of halogens is 3. The topological polar surface area (TPSA) is 72.7 Å². The minimum absolute atomic E-state index is 0.199. The number of amides is 1. The maximum atomic E-state index is 13.2. The third-order valence-corrected chi connectivity index (χ3v) is 3.91. The molecule has 10 heteroatoms. The van der Waals surface area contributed by atoms with Crippen LogP contribution in [0.3, 0.4) is 0 Å². The van der Waals surface area contributed by atoms with E-state index in [0.29, 0.717) is 27.9 Å². The highest BCUT2D eigenvalue weighted by molar-refractivity contribution is 7.99. The van der Waals surface area contributed by atoms with E-state index in [1.165, 1.54) is 42.5 Å². The van der Waals surface area contributed by atoms with E-state index >= 15 is 0 Å². The van der Waals surface area contributed by atoms with Gasteiger partial charge in [-0.1, -0.05) is 23.9 Å². The van der Waals surface area contributed by atoms with Crippen LogP contribution in [0.2, 0.25) is 0 Å². The Labute approximate surface area is 150 Å². The molecule has 134 valence electrons. The number of nitrogens with zero attached hydrogens (tertiary/aromatic N) is 4. The van der Waals surface area contributed by atoms with Gasteiger partial charge in [0.15, 0.2) is 0 Å². The number of anilines is 1. The van der Waals surface area contributed by atoms with E-state index in [1.807, 2.05) is 0 Å². The van der Waals surface area contributed by atoms with Crippen LogP contribution >= 0.6 is 11.8 Å². The molecule has 0 saturated carbocycles. The maximum Gasteiger partial charge on any atom is 0.288 e. The zero-order valence-corrected chi connectivity index (χ0v) is 14.0. The van der Waals surface area contributed by atoms with Crippen molar-refractivity contribution in [2.45, 2.75) is 17.2 Å². The van der Waals surface area contributed by atoms with Gasteiger partial charge in [0.25, 0.3) is 5.76 Å². The highest BCUT2D eigenvalue weighted by Gasteiger charge is 2.11. The normalized spacial score (nSPS) is 10.9. The quantitative estimate of drug-likeness (QED) is 0.665. The number of rotatable bonds is 6. The first-order valence-corrected chi connectivity index (χ1v) is 8.26. The molecule has 2 aromatic carbocycles. The van der Waals surface area contributed by atoms with Crippen molar-refractivity contribution in [1.82, 2.24) is 20.2 Å². The van der Waals surface area contributed by atoms with E-state index in [9.17, 15) is 18.0 Å². The lowest BCUT2D eigenvalue weighted by Gasteiger charge is -2.05. The van der Waals surface area contributed by atoms with Crippen LogP contribution in [0.25, 0.3) is 11.4 Å². The molecule has 0 atom stereocenters. The van der Waals surface area contributed by atoms with Gasteiger partial charge in [-0.3, -0.25) is 4.79 Å². The van der Waals surface area contributed by atoms with Crippen molar-refractivity contribution in [3.05, 3.63) is 54.3 Å². The first-order valence-electron chi connectivity index (χ1n) is 7.38. The summed E-state index contributed by atoms with van der Waals surface area (Å²) in [6.07, 6.45) is 0. The molecule has 0 aliphatic rings. The number of carbonyl (C=O) groups is 1. The molecule has 0 aliphatic heterocycles. The molecule has 0 unspecified atom stereocenters. The molecule has 0 fully saturated rings. The molecule has 0 aliphatic carbocycles. The van der Waals surface area contributed by atoms with Gasteiger partial charge < -0.3 is 5.32 Å². The molecule has 0 bridgehead atoms. The van der Waals surface area contributed by atoms with Crippen molar-refractivity contribution in [1.29, 1.82) is 0 Å². The largest absolute Gasteiger partial charge is 0.324 e. The van der Waals surface area contributed by atoms with Crippen LogP contribution in [0.5, 0.6) is 0 Å². The number of alkyl halides is 2. The number of thioether (sulfide) groups is 1. The van der Waals surface area contributed by atoms with Gasteiger partial charge in [-0.15, -0.1) is 10.2 Å². The number of hydrogen-bond acceptors (Lipinski definition) is 5. The zero-order chi connectivity index (χ0) is 18.5. The Morgan fingerprint density at radius 1 is 1.19 bits per heavy atom.